The van der Waals surface area contributed by atoms with Crippen LogP contribution >= 0.6 is 0 Å². The molecule has 0 saturated heterocycles. The van der Waals surface area contributed by atoms with Crippen LogP contribution in [0.4, 0.5) is 0 Å². The number of aliphatic hydroxyl groups is 24. The molecule has 440 valence electrons. The van der Waals surface area contributed by atoms with Crippen molar-refractivity contribution < 1.29 is 142 Å². The van der Waals surface area contributed by atoms with E-state index < -0.39 is 264 Å². The third-order valence-electron chi connectivity index (χ3n) is 18.2. The van der Waals surface area contributed by atoms with Crippen molar-refractivity contribution in [1.29, 1.82) is 0 Å². The van der Waals surface area contributed by atoms with Gasteiger partial charge in [-0.2, -0.15) is 0 Å². The molecule has 0 heterocycles. The van der Waals surface area contributed by atoms with E-state index in [-0.39, 0.29) is 19.3 Å². The van der Waals surface area contributed by atoms with Crippen molar-refractivity contribution in [3.63, 3.8) is 0 Å². The molecule has 0 bridgehead atoms. The second kappa shape index (κ2) is 26.2. The molecule has 6 aliphatic carbocycles. The van der Waals surface area contributed by atoms with Crippen LogP contribution in [0.25, 0.3) is 0 Å². The quantitative estimate of drug-likeness (QED) is 0.0571. The molecule has 0 amide bonds. The molecule has 6 saturated carbocycles. The Labute approximate surface area is 431 Å². The maximum atomic E-state index is 12.8. The van der Waals surface area contributed by atoms with E-state index in [2.05, 4.69) is 0 Å². The fourth-order valence-electron chi connectivity index (χ4n) is 13.4. The van der Waals surface area contributed by atoms with Crippen molar-refractivity contribution in [3.05, 3.63) is 0 Å². The molecule has 0 radical (unpaired) electrons. The van der Waals surface area contributed by atoms with Crippen LogP contribution in [0.2, 0.25) is 0 Å². The number of hydrogen-bond acceptors (Lipinski definition) is 28. The standard InChI is InChI=1S/C47H84O28/c1-72-47(44(69)20-2-17(11-51)41(38(66)29(20)57)73-23-5-14(8-48)26(54)35(63)32(23)60,45(70)21-3-18(12-52)42(39(67)30(21)58)74-24-6-15(9-49)27(55)36(64)33(24)61)46(71)22-4-19(13-53)43(40(68)31(22)59)75-25-7-16(10-50)28(56)37(65)34(25)62/h14-46,48-71H,2-13H2,1H3/t14-,15-,16-,17-,18-,19-,20?,21?,22?,23-,24-,25-,26+,27+,28+,29+,30+,31+,32+,33+,34+,35+,36+,37+,38-,39-,40-,41-,42-,43-,44?,45?,46?,47?/m0/s1. The lowest BCUT2D eigenvalue weighted by atomic mass is 9.60. The van der Waals surface area contributed by atoms with Crippen LogP contribution in [0.15, 0.2) is 0 Å². The van der Waals surface area contributed by atoms with Crippen LogP contribution in [0.1, 0.15) is 38.5 Å². The van der Waals surface area contributed by atoms with Crippen LogP contribution in [0.5, 0.6) is 0 Å². The molecule has 28 nitrogen and oxygen atoms in total. The van der Waals surface area contributed by atoms with E-state index in [1.165, 1.54) is 0 Å². The number of ether oxygens (including phenoxy) is 4. The van der Waals surface area contributed by atoms with Gasteiger partial charge in [-0.3, -0.25) is 0 Å². The topological polar surface area (TPSA) is 522 Å². The first kappa shape index (κ1) is 63.1. The maximum absolute atomic E-state index is 12.8. The van der Waals surface area contributed by atoms with Gasteiger partial charge < -0.3 is 142 Å². The number of methoxy groups -OCH3 is 1. The molecule has 6 rings (SSSR count). The largest absolute Gasteiger partial charge is 0.396 e. The summed E-state index contributed by atoms with van der Waals surface area (Å²) in [5.41, 5.74) is -3.06. The fourth-order valence-corrected chi connectivity index (χ4v) is 13.4. The summed E-state index contributed by atoms with van der Waals surface area (Å²) in [7, 11) is 0.851. The molecule has 28 heteroatoms. The zero-order valence-corrected chi connectivity index (χ0v) is 41.4. The Kier molecular flexibility index (Phi) is 22.0. The Morgan fingerprint density at radius 3 is 0.733 bits per heavy atom. The average molecular weight is 1100 g/mol. The molecular weight excluding hydrogens is 1010 g/mol. The van der Waals surface area contributed by atoms with Gasteiger partial charge >= 0.3 is 0 Å². The van der Waals surface area contributed by atoms with Crippen LogP contribution in [0.3, 0.4) is 0 Å². The highest BCUT2D eigenvalue weighted by Crippen LogP contribution is 2.49. The minimum Gasteiger partial charge on any atom is -0.396 e. The highest BCUT2D eigenvalue weighted by Gasteiger charge is 2.65. The first-order valence-corrected chi connectivity index (χ1v) is 25.8. The van der Waals surface area contributed by atoms with Gasteiger partial charge in [-0.1, -0.05) is 0 Å². The van der Waals surface area contributed by atoms with Crippen LogP contribution in [-0.2, 0) is 18.9 Å². The summed E-state index contributed by atoms with van der Waals surface area (Å²) >= 11 is 0. The number of rotatable bonds is 19. The second-order valence-corrected chi connectivity index (χ2v) is 22.2. The first-order chi connectivity index (χ1) is 35.4. The molecule has 0 aromatic heterocycles. The van der Waals surface area contributed by atoms with Crippen molar-refractivity contribution in [2.75, 3.05) is 46.8 Å². The van der Waals surface area contributed by atoms with Crippen LogP contribution in [0, 0.1) is 53.3 Å². The van der Waals surface area contributed by atoms with Crippen LogP contribution < -0.4 is 0 Å². The molecule has 0 spiro atoms. The lowest BCUT2D eigenvalue weighted by Crippen LogP contribution is -2.73. The summed E-state index contributed by atoms with van der Waals surface area (Å²) in [5, 5.41) is 266. The Morgan fingerprint density at radius 2 is 0.533 bits per heavy atom. The Morgan fingerprint density at radius 1 is 0.307 bits per heavy atom. The van der Waals surface area contributed by atoms with Gasteiger partial charge in [0.25, 0.3) is 0 Å². The molecule has 75 heavy (non-hydrogen) atoms. The van der Waals surface area contributed by atoms with Gasteiger partial charge in [0.15, 0.2) is 0 Å². The molecule has 0 aliphatic heterocycles. The van der Waals surface area contributed by atoms with E-state index in [9.17, 15) is 123 Å². The van der Waals surface area contributed by atoms with E-state index in [1.54, 1.807) is 0 Å². The Balaban J connectivity index is 1.36. The lowest BCUT2D eigenvalue weighted by Gasteiger charge is -2.56. The molecule has 0 aromatic carbocycles. The van der Waals surface area contributed by atoms with Gasteiger partial charge in [0.1, 0.15) is 60.5 Å². The normalized spacial score (nSPS) is 51.2. The highest BCUT2D eigenvalue weighted by molar-refractivity contribution is 5.15. The number of aliphatic hydroxyl groups excluding tert-OH is 24. The van der Waals surface area contributed by atoms with Gasteiger partial charge in [0.2, 0.25) is 0 Å². The van der Waals surface area contributed by atoms with Gasteiger partial charge in [0.05, 0.1) is 91.6 Å². The van der Waals surface area contributed by atoms with Gasteiger partial charge in [-0.25, -0.2) is 0 Å². The highest BCUT2D eigenvalue weighted by atomic mass is 16.6. The molecule has 0 aromatic rings. The predicted octanol–water partition coefficient (Wildman–Crippen LogP) is -11.9. The van der Waals surface area contributed by atoms with Gasteiger partial charge in [-0.05, 0) is 38.5 Å². The third kappa shape index (κ3) is 11.8. The molecule has 6 unspecified atom stereocenters. The van der Waals surface area contributed by atoms with E-state index in [1.807, 2.05) is 0 Å². The summed E-state index contributed by atoms with van der Waals surface area (Å²) in [6.45, 7) is -4.61. The number of hydrogen-bond donors (Lipinski definition) is 24. The summed E-state index contributed by atoms with van der Waals surface area (Å²) in [4.78, 5) is 0. The first-order valence-electron chi connectivity index (χ1n) is 25.8. The zero-order chi connectivity index (χ0) is 55.9. The van der Waals surface area contributed by atoms with E-state index in [4.69, 9.17) is 18.9 Å². The molecule has 33 atom stereocenters. The SMILES string of the molecule is COC(C(O)C1C[C@@H](CO)[C@H](O[C@H]2C[C@@H](CO)[C@@H](O)[C@@H](O)[C@@H]2O)[C@@H](O)[C@@H]1O)(C(O)C1C[C@@H](CO)[C@H](O[C@H]2C[C@@H](CO)[C@@H](O)[C@@H](O)[C@@H]2O)[C@@H](O)[C@@H]1O)C(O)C1C[C@@H](CO)[C@H](O[C@H]2C[C@@H](CO)[C@@H](O)[C@@H](O)[C@@H]2O)[C@@H](O)[C@@H]1O. The maximum Gasteiger partial charge on any atom is 0.146 e. The van der Waals surface area contributed by atoms with E-state index >= 15 is 0 Å². The summed E-state index contributed by atoms with van der Waals surface area (Å²) in [5.74, 6) is -12.4. The molecule has 6 fully saturated rings. The fraction of sp³-hybridized carbons (Fsp3) is 1.00. The van der Waals surface area contributed by atoms with Crippen molar-refractivity contribution in [2.45, 2.75) is 191 Å². The Hall–Kier alpha value is -1.12. The van der Waals surface area contributed by atoms with E-state index in [0.717, 1.165) is 7.11 Å². The summed E-state index contributed by atoms with van der Waals surface area (Å²) < 4.78 is 23.9. The monoisotopic (exact) mass is 1100 g/mol. The minimum absolute atomic E-state index is 0.276. The predicted molar refractivity (Wildman–Crippen MR) is 245 cm³/mol. The average Bonchev–Trinajstić information content (AvgIpc) is 3.40. The summed E-state index contributed by atoms with van der Waals surface area (Å²) in [6.07, 6.45) is -47.7. The smallest absolute Gasteiger partial charge is 0.146 e. The zero-order valence-electron chi connectivity index (χ0n) is 41.4. The van der Waals surface area contributed by atoms with Crippen molar-refractivity contribution in [1.82, 2.24) is 0 Å². The van der Waals surface area contributed by atoms with Gasteiger partial charge in [0, 0.05) is 100 Å². The lowest BCUT2D eigenvalue weighted by molar-refractivity contribution is -0.300. The molecular formula is C47H84O28. The molecule has 24 N–H and O–H groups in total. The third-order valence-corrected chi connectivity index (χ3v) is 18.2. The Bertz CT molecular complexity index is 1540. The van der Waals surface area contributed by atoms with Crippen molar-refractivity contribution >= 4 is 0 Å². The van der Waals surface area contributed by atoms with Crippen molar-refractivity contribution in [3.8, 4) is 0 Å². The van der Waals surface area contributed by atoms with Gasteiger partial charge in [-0.15, -0.1) is 0 Å². The van der Waals surface area contributed by atoms with Crippen LogP contribution in [-0.4, -0.2) is 321 Å². The second-order valence-electron chi connectivity index (χ2n) is 22.2. The van der Waals surface area contributed by atoms with Crippen molar-refractivity contribution in [2.24, 2.45) is 53.3 Å². The molecule has 6 aliphatic rings. The minimum atomic E-state index is -3.06. The summed E-state index contributed by atoms with van der Waals surface area (Å²) in [6, 6.07) is 0. The van der Waals surface area contributed by atoms with E-state index in [0.29, 0.717) is 0 Å².